The molecule has 1 heterocycles. The topological polar surface area (TPSA) is 55.1 Å². The Kier molecular flexibility index (Phi) is 6.85. The van der Waals surface area contributed by atoms with Gasteiger partial charge in [0.1, 0.15) is 5.54 Å². The summed E-state index contributed by atoms with van der Waals surface area (Å²) in [6.07, 6.45) is 2.43. The fourth-order valence-electron chi connectivity index (χ4n) is 2.12. The number of hydrogen-bond acceptors (Lipinski definition) is 3. The van der Waals surface area contributed by atoms with Gasteiger partial charge in [-0.15, -0.1) is 12.4 Å². The molecule has 2 unspecified atom stereocenters. The Morgan fingerprint density at radius 1 is 1.50 bits per heavy atom. The van der Waals surface area contributed by atoms with Gasteiger partial charge >= 0.3 is 0 Å². The molecule has 6 heteroatoms. The summed E-state index contributed by atoms with van der Waals surface area (Å²) < 4.78 is 0.981. The smallest absolute Gasteiger partial charge is 0.244 e. The lowest BCUT2D eigenvalue weighted by atomic mass is 9.92. The molecule has 1 saturated heterocycles. The molecule has 0 aromatic heterocycles. The van der Waals surface area contributed by atoms with Crippen LogP contribution in [0.5, 0.6) is 0 Å². The summed E-state index contributed by atoms with van der Waals surface area (Å²) in [5, 5.41) is 3.53. The lowest BCUT2D eigenvalue weighted by Gasteiger charge is -2.25. The van der Waals surface area contributed by atoms with Crippen LogP contribution in [0, 0.1) is 0 Å². The van der Waals surface area contributed by atoms with Gasteiger partial charge in [0.15, 0.2) is 0 Å². The van der Waals surface area contributed by atoms with E-state index in [1.54, 1.807) is 6.92 Å². The zero-order chi connectivity index (χ0) is 13.9. The lowest BCUT2D eigenvalue weighted by Crippen LogP contribution is -2.50. The van der Waals surface area contributed by atoms with Gasteiger partial charge < -0.3 is 11.1 Å². The van der Waals surface area contributed by atoms with Crippen molar-refractivity contribution >= 4 is 46.0 Å². The number of carbonyl (C=O) groups excluding carboxylic acids is 1. The van der Waals surface area contributed by atoms with Gasteiger partial charge in [0, 0.05) is 16.3 Å². The predicted molar refractivity (Wildman–Crippen MR) is 91.4 cm³/mol. The van der Waals surface area contributed by atoms with Crippen LogP contribution in [0.25, 0.3) is 0 Å². The second-order valence-electron chi connectivity index (χ2n) is 5.05. The summed E-state index contributed by atoms with van der Waals surface area (Å²) in [7, 11) is 0. The van der Waals surface area contributed by atoms with Gasteiger partial charge in [-0.25, -0.2) is 0 Å². The highest BCUT2D eigenvalue weighted by molar-refractivity contribution is 9.10. The van der Waals surface area contributed by atoms with Gasteiger partial charge in [-0.1, -0.05) is 28.1 Å². The molecule has 1 aliphatic heterocycles. The molecular weight excluding hydrogens is 360 g/mol. The number of benzene rings is 1. The van der Waals surface area contributed by atoms with E-state index in [1.165, 1.54) is 18.6 Å². The average molecular weight is 380 g/mol. The first-order chi connectivity index (χ1) is 9.00. The third-order valence-corrected chi connectivity index (χ3v) is 5.36. The maximum atomic E-state index is 12.2. The van der Waals surface area contributed by atoms with Crippen LogP contribution in [0.1, 0.15) is 25.3 Å². The Hall–Kier alpha value is -0.230. The number of carbonyl (C=O) groups is 1. The van der Waals surface area contributed by atoms with Crippen LogP contribution in [-0.4, -0.2) is 23.5 Å². The van der Waals surface area contributed by atoms with Crippen LogP contribution in [-0.2, 0) is 10.3 Å². The molecule has 0 bridgehead atoms. The highest BCUT2D eigenvalue weighted by Gasteiger charge is 2.31. The molecule has 0 saturated carbocycles. The maximum Gasteiger partial charge on any atom is 0.244 e. The van der Waals surface area contributed by atoms with E-state index >= 15 is 0 Å². The Balaban J connectivity index is 0.00000200. The van der Waals surface area contributed by atoms with Crippen molar-refractivity contribution in [1.29, 1.82) is 0 Å². The molecule has 1 fully saturated rings. The molecule has 2 rings (SSSR count). The quantitative estimate of drug-likeness (QED) is 0.845. The molecule has 3 nitrogen and oxygen atoms in total. The summed E-state index contributed by atoms with van der Waals surface area (Å²) in [5.41, 5.74) is 6.03. The van der Waals surface area contributed by atoms with Crippen molar-refractivity contribution in [1.82, 2.24) is 5.32 Å². The van der Waals surface area contributed by atoms with Gasteiger partial charge in [-0.05, 0) is 43.2 Å². The van der Waals surface area contributed by atoms with Gasteiger partial charge in [0.05, 0.1) is 0 Å². The van der Waals surface area contributed by atoms with E-state index in [9.17, 15) is 4.79 Å². The third kappa shape index (κ3) is 4.38. The summed E-state index contributed by atoms with van der Waals surface area (Å²) in [5.74, 6) is 1.09. The number of amides is 1. The van der Waals surface area contributed by atoms with E-state index in [0.29, 0.717) is 11.8 Å². The minimum absolute atomic E-state index is 0. The Morgan fingerprint density at radius 3 is 2.70 bits per heavy atom. The Morgan fingerprint density at radius 2 is 2.15 bits per heavy atom. The zero-order valence-corrected chi connectivity index (χ0v) is 14.6. The summed E-state index contributed by atoms with van der Waals surface area (Å²) in [4.78, 5) is 12.2. The van der Waals surface area contributed by atoms with Crippen LogP contribution in [0.15, 0.2) is 28.7 Å². The number of halogens is 2. The third-order valence-electron chi connectivity index (χ3n) is 3.43. The molecular formula is C14H20BrClN2OS. The minimum atomic E-state index is -0.982. The molecule has 1 aromatic carbocycles. The van der Waals surface area contributed by atoms with Crippen LogP contribution in [0.2, 0.25) is 0 Å². The van der Waals surface area contributed by atoms with Crippen molar-refractivity contribution in [2.75, 3.05) is 12.3 Å². The second-order valence-corrected chi connectivity index (χ2v) is 7.38. The summed E-state index contributed by atoms with van der Waals surface area (Å²) >= 11 is 5.31. The molecule has 0 aliphatic carbocycles. The van der Waals surface area contributed by atoms with Crippen LogP contribution in [0.3, 0.4) is 0 Å². The fraction of sp³-hybridized carbons (Fsp3) is 0.500. The van der Waals surface area contributed by atoms with E-state index < -0.39 is 5.54 Å². The molecule has 1 aliphatic rings. The first-order valence-corrected chi connectivity index (χ1v) is 8.29. The average Bonchev–Trinajstić information content (AvgIpc) is 2.89. The monoisotopic (exact) mass is 378 g/mol. The number of nitrogens with one attached hydrogen (secondary N) is 1. The molecule has 0 radical (unpaired) electrons. The standard InChI is InChI=1S/C14H19BrN2OS.ClH/c1-14(16,10-4-6-11(15)7-5-10)13(18)17-9-12-3-2-8-19-12;/h4-7,12H,2-3,8-9,16H2,1H3,(H,17,18);1H. The molecule has 3 N–H and O–H groups in total. The molecule has 1 amide bonds. The summed E-state index contributed by atoms with van der Waals surface area (Å²) in [6.45, 7) is 2.47. The maximum absolute atomic E-state index is 12.2. The van der Waals surface area contributed by atoms with E-state index in [4.69, 9.17) is 5.73 Å². The Bertz CT molecular complexity index is 447. The van der Waals surface area contributed by atoms with Crippen molar-refractivity contribution in [2.24, 2.45) is 5.73 Å². The molecule has 2 atom stereocenters. The second kappa shape index (κ2) is 7.69. The lowest BCUT2D eigenvalue weighted by molar-refractivity contribution is -0.126. The van der Waals surface area contributed by atoms with Crippen molar-refractivity contribution < 1.29 is 4.79 Å². The zero-order valence-electron chi connectivity index (χ0n) is 11.4. The fourth-order valence-corrected chi connectivity index (χ4v) is 3.59. The normalized spacial score (nSPS) is 20.9. The summed E-state index contributed by atoms with van der Waals surface area (Å²) in [6, 6.07) is 7.57. The molecule has 0 spiro atoms. The van der Waals surface area contributed by atoms with Gasteiger partial charge in [0.25, 0.3) is 0 Å². The van der Waals surface area contributed by atoms with Crippen molar-refractivity contribution in [3.63, 3.8) is 0 Å². The number of rotatable bonds is 4. The first-order valence-electron chi connectivity index (χ1n) is 6.45. The first kappa shape index (κ1) is 17.8. The molecule has 20 heavy (non-hydrogen) atoms. The Labute approximate surface area is 139 Å². The van der Waals surface area contributed by atoms with Gasteiger partial charge in [-0.2, -0.15) is 11.8 Å². The number of hydrogen-bond donors (Lipinski definition) is 2. The number of thioether (sulfide) groups is 1. The van der Waals surface area contributed by atoms with Crippen molar-refractivity contribution in [3.05, 3.63) is 34.3 Å². The van der Waals surface area contributed by atoms with Crippen molar-refractivity contribution in [2.45, 2.75) is 30.6 Å². The predicted octanol–water partition coefficient (Wildman–Crippen LogP) is 3.06. The van der Waals surface area contributed by atoms with Crippen LogP contribution >= 0.6 is 40.1 Å². The van der Waals surface area contributed by atoms with E-state index in [-0.39, 0.29) is 18.3 Å². The van der Waals surface area contributed by atoms with Gasteiger partial charge in [-0.3, -0.25) is 4.79 Å². The van der Waals surface area contributed by atoms with Crippen LogP contribution < -0.4 is 11.1 Å². The highest BCUT2D eigenvalue weighted by atomic mass is 79.9. The number of nitrogens with two attached hydrogens (primary N) is 1. The van der Waals surface area contributed by atoms with Crippen molar-refractivity contribution in [3.8, 4) is 0 Å². The highest BCUT2D eigenvalue weighted by Crippen LogP contribution is 2.26. The molecule has 112 valence electrons. The SMILES string of the molecule is CC(N)(C(=O)NCC1CCCS1)c1ccc(Br)cc1.Cl. The van der Waals surface area contributed by atoms with Crippen LogP contribution in [0.4, 0.5) is 0 Å². The van der Waals surface area contributed by atoms with E-state index in [0.717, 1.165) is 10.0 Å². The van der Waals surface area contributed by atoms with E-state index in [1.807, 2.05) is 36.0 Å². The van der Waals surface area contributed by atoms with Gasteiger partial charge in [0.2, 0.25) is 5.91 Å². The largest absolute Gasteiger partial charge is 0.353 e. The minimum Gasteiger partial charge on any atom is -0.353 e. The van der Waals surface area contributed by atoms with E-state index in [2.05, 4.69) is 21.2 Å². The molecule has 1 aromatic rings.